The number of nitrogens with zero attached hydrogens (tertiary/aromatic N) is 2. The van der Waals surface area contributed by atoms with E-state index in [1.807, 2.05) is 0 Å². The summed E-state index contributed by atoms with van der Waals surface area (Å²) in [6, 6.07) is 5.77. The van der Waals surface area contributed by atoms with E-state index in [0.29, 0.717) is 31.4 Å². The molecule has 0 saturated carbocycles. The van der Waals surface area contributed by atoms with E-state index in [1.54, 1.807) is 24.1 Å². The van der Waals surface area contributed by atoms with Crippen LogP contribution in [0.25, 0.3) is 0 Å². The van der Waals surface area contributed by atoms with Crippen molar-refractivity contribution < 1.29 is 19.2 Å². The van der Waals surface area contributed by atoms with Gasteiger partial charge in [-0.25, -0.2) is 4.79 Å². The predicted octanol–water partition coefficient (Wildman–Crippen LogP) is 2.13. The van der Waals surface area contributed by atoms with Gasteiger partial charge >= 0.3 is 6.09 Å². The molecule has 1 N–H and O–H groups in total. The van der Waals surface area contributed by atoms with Crippen LogP contribution in [0.2, 0.25) is 0 Å². The molecule has 9 heteroatoms. The monoisotopic (exact) mass is 367 g/mol. The number of carbonyl (C=O) groups is 2. The first-order chi connectivity index (χ1) is 11.9. The van der Waals surface area contributed by atoms with E-state index in [0.717, 1.165) is 0 Å². The lowest BCUT2D eigenvalue weighted by molar-refractivity contribution is -0.384. The third kappa shape index (κ3) is 5.35. The van der Waals surface area contributed by atoms with Gasteiger partial charge in [0.25, 0.3) is 5.69 Å². The number of ether oxygens (including phenoxy) is 1. The van der Waals surface area contributed by atoms with E-state index in [1.165, 1.54) is 12.1 Å². The second-order valence-corrected chi connectivity index (χ2v) is 6.62. The number of thiol groups is 1. The van der Waals surface area contributed by atoms with Crippen LogP contribution in [0.4, 0.5) is 10.5 Å². The van der Waals surface area contributed by atoms with Crippen molar-refractivity contribution in [1.29, 1.82) is 0 Å². The third-order valence-electron chi connectivity index (χ3n) is 4.12. The molecule has 1 aromatic carbocycles. The molecule has 0 aliphatic carbocycles. The number of non-ortho nitro benzene ring substituents is 1. The Bertz CT molecular complexity index is 637. The number of hydrogen-bond acceptors (Lipinski definition) is 6. The highest BCUT2D eigenvalue weighted by Crippen LogP contribution is 2.26. The maximum atomic E-state index is 12.3. The lowest BCUT2D eigenvalue weighted by atomic mass is 10.1. The van der Waals surface area contributed by atoms with Crippen molar-refractivity contribution in [3.05, 3.63) is 39.9 Å². The average Bonchev–Trinajstić information content (AvgIpc) is 2.98. The van der Waals surface area contributed by atoms with Crippen LogP contribution in [0.15, 0.2) is 24.3 Å². The van der Waals surface area contributed by atoms with E-state index in [4.69, 9.17) is 4.74 Å². The maximum absolute atomic E-state index is 12.3. The molecular formula is C16H21N3O5S. The van der Waals surface area contributed by atoms with E-state index >= 15 is 0 Å². The second kappa shape index (κ2) is 8.70. The minimum absolute atomic E-state index is 0.0122. The van der Waals surface area contributed by atoms with Crippen LogP contribution in [0.3, 0.4) is 0 Å². The van der Waals surface area contributed by atoms with E-state index in [-0.39, 0.29) is 29.5 Å². The predicted molar refractivity (Wildman–Crippen MR) is 94.5 cm³/mol. The molecule has 1 fully saturated rings. The summed E-state index contributed by atoms with van der Waals surface area (Å²) in [5.74, 6) is -0.0678. The molecule has 0 spiro atoms. The standard InChI is InChI=1S/C16H21N3O5S/c1-17-15(20)7-6-13-8-14(25)9-18(13)16(21)24-10-11-2-4-12(5-3-11)19(22)23/h2-5,13-14,25H,6-10H2,1H3,(H,17,20). The fourth-order valence-electron chi connectivity index (χ4n) is 2.75. The fourth-order valence-corrected chi connectivity index (χ4v) is 3.17. The number of amides is 2. The summed E-state index contributed by atoms with van der Waals surface area (Å²) in [6.45, 7) is 0.507. The summed E-state index contributed by atoms with van der Waals surface area (Å²) in [4.78, 5) is 35.5. The van der Waals surface area contributed by atoms with Crippen LogP contribution in [0, 0.1) is 10.1 Å². The number of likely N-dealkylation sites (tertiary alicyclic amines) is 1. The van der Waals surface area contributed by atoms with Crippen molar-refractivity contribution in [1.82, 2.24) is 10.2 Å². The summed E-state index contributed by atoms with van der Waals surface area (Å²) in [6.07, 6.45) is 1.15. The van der Waals surface area contributed by atoms with Crippen molar-refractivity contribution in [2.75, 3.05) is 13.6 Å². The van der Waals surface area contributed by atoms with Crippen LogP contribution in [-0.4, -0.2) is 46.7 Å². The quantitative estimate of drug-likeness (QED) is 0.456. The molecule has 25 heavy (non-hydrogen) atoms. The zero-order valence-electron chi connectivity index (χ0n) is 13.9. The number of hydrogen-bond donors (Lipinski definition) is 2. The number of benzene rings is 1. The first-order valence-corrected chi connectivity index (χ1v) is 8.47. The number of rotatable bonds is 6. The van der Waals surface area contributed by atoms with Gasteiger partial charge in [0, 0.05) is 43.4 Å². The zero-order valence-corrected chi connectivity index (χ0v) is 14.8. The van der Waals surface area contributed by atoms with Crippen LogP contribution in [0.5, 0.6) is 0 Å². The first-order valence-electron chi connectivity index (χ1n) is 7.96. The first kappa shape index (κ1) is 19.0. The number of nitrogens with one attached hydrogen (secondary N) is 1. The average molecular weight is 367 g/mol. The van der Waals surface area contributed by atoms with Crippen LogP contribution < -0.4 is 5.32 Å². The van der Waals surface area contributed by atoms with Crippen molar-refractivity contribution in [2.24, 2.45) is 0 Å². The molecule has 2 atom stereocenters. The lowest BCUT2D eigenvalue weighted by Crippen LogP contribution is -2.37. The number of nitro benzene ring substituents is 1. The number of nitro groups is 1. The van der Waals surface area contributed by atoms with Gasteiger partial charge in [0.2, 0.25) is 5.91 Å². The highest BCUT2D eigenvalue weighted by molar-refractivity contribution is 7.81. The van der Waals surface area contributed by atoms with Gasteiger partial charge in [-0.1, -0.05) is 0 Å². The Morgan fingerprint density at radius 1 is 1.40 bits per heavy atom. The largest absolute Gasteiger partial charge is 0.445 e. The van der Waals surface area contributed by atoms with Crippen molar-refractivity contribution in [3.8, 4) is 0 Å². The molecule has 0 bridgehead atoms. The van der Waals surface area contributed by atoms with E-state index in [2.05, 4.69) is 17.9 Å². The fraction of sp³-hybridized carbons (Fsp3) is 0.500. The van der Waals surface area contributed by atoms with Crippen molar-refractivity contribution in [2.45, 2.75) is 37.2 Å². The van der Waals surface area contributed by atoms with Gasteiger partial charge in [-0.3, -0.25) is 14.9 Å². The molecule has 1 aromatic rings. The summed E-state index contributed by atoms with van der Waals surface area (Å²) in [7, 11) is 1.58. The van der Waals surface area contributed by atoms with Gasteiger partial charge < -0.3 is 15.0 Å². The zero-order chi connectivity index (χ0) is 18.4. The van der Waals surface area contributed by atoms with Gasteiger partial charge in [-0.05, 0) is 30.5 Å². The molecule has 1 saturated heterocycles. The Morgan fingerprint density at radius 2 is 2.08 bits per heavy atom. The van der Waals surface area contributed by atoms with Crippen LogP contribution >= 0.6 is 12.6 Å². The second-order valence-electron chi connectivity index (χ2n) is 5.89. The Labute approximate surface area is 151 Å². The Balaban J connectivity index is 1.89. The Morgan fingerprint density at radius 3 is 2.68 bits per heavy atom. The normalized spacial score (nSPS) is 19.5. The van der Waals surface area contributed by atoms with Crippen LogP contribution in [-0.2, 0) is 16.1 Å². The van der Waals surface area contributed by atoms with Gasteiger partial charge in [0.1, 0.15) is 6.61 Å². The van der Waals surface area contributed by atoms with Gasteiger partial charge in [-0.15, -0.1) is 0 Å². The maximum Gasteiger partial charge on any atom is 0.410 e. The van der Waals surface area contributed by atoms with Crippen molar-refractivity contribution in [3.63, 3.8) is 0 Å². The molecule has 2 unspecified atom stereocenters. The molecule has 2 rings (SSSR count). The SMILES string of the molecule is CNC(=O)CCC1CC(S)CN1C(=O)OCc1ccc([N+](=O)[O-])cc1. The Kier molecular flexibility index (Phi) is 6.63. The van der Waals surface area contributed by atoms with Crippen molar-refractivity contribution >= 4 is 30.3 Å². The van der Waals surface area contributed by atoms with E-state index < -0.39 is 11.0 Å². The van der Waals surface area contributed by atoms with Crippen LogP contribution in [0.1, 0.15) is 24.8 Å². The minimum atomic E-state index is -0.482. The van der Waals surface area contributed by atoms with E-state index in [9.17, 15) is 19.7 Å². The molecular weight excluding hydrogens is 346 g/mol. The lowest BCUT2D eigenvalue weighted by Gasteiger charge is -2.23. The van der Waals surface area contributed by atoms with Gasteiger partial charge in [0.05, 0.1) is 4.92 Å². The molecule has 2 amide bonds. The summed E-state index contributed by atoms with van der Waals surface area (Å²) in [5, 5.41) is 13.2. The van der Waals surface area contributed by atoms with Gasteiger partial charge in [-0.2, -0.15) is 12.6 Å². The molecule has 1 aliphatic rings. The summed E-state index contributed by atoms with van der Waals surface area (Å²) in [5.41, 5.74) is 0.657. The number of carbonyl (C=O) groups excluding carboxylic acids is 2. The molecule has 0 aromatic heterocycles. The smallest absolute Gasteiger partial charge is 0.410 e. The Hall–Kier alpha value is -2.29. The highest BCUT2D eigenvalue weighted by atomic mass is 32.1. The molecule has 1 heterocycles. The highest BCUT2D eigenvalue weighted by Gasteiger charge is 2.34. The molecule has 1 aliphatic heterocycles. The van der Waals surface area contributed by atoms with Gasteiger partial charge in [0.15, 0.2) is 0 Å². The third-order valence-corrected chi connectivity index (χ3v) is 4.49. The molecule has 136 valence electrons. The topological polar surface area (TPSA) is 102 Å². The molecule has 0 radical (unpaired) electrons. The minimum Gasteiger partial charge on any atom is -0.445 e. The summed E-state index contributed by atoms with van der Waals surface area (Å²) < 4.78 is 5.31. The summed E-state index contributed by atoms with van der Waals surface area (Å²) >= 11 is 4.43. The molecule has 8 nitrogen and oxygen atoms in total.